The van der Waals surface area contributed by atoms with E-state index in [1.54, 1.807) is 0 Å². The maximum atomic E-state index is 14.1. The molecule has 2 N–H and O–H groups in total. The predicted octanol–water partition coefficient (Wildman–Crippen LogP) is 6.41. The minimum absolute atomic E-state index is 0.0519. The topological polar surface area (TPSA) is 84.5 Å². The molecule has 40 heavy (non-hydrogen) atoms. The number of aryl methyl sites for hydroxylation is 1. The second-order valence-electron chi connectivity index (χ2n) is 10.7. The molecule has 1 aliphatic heterocycles. The molecule has 0 bridgehead atoms. The van der Waals surface area contributed by atoms with Crippen molar-refractivity contribution in [3.8, 4) is 0 Å². The van der Waals surface area contributed by atoms with E-state index in [-0.39, 0.29) is 17.6 Å². The molecule has 3 aromatic rings. The number of benzene rings is 2. The fourth-order valence-corrected chi connectivity index (χ4v) is 7.69. The van der Waals surface area contributed by atoms with Crippen LogP contribution in [0.3, 0.4) is 0 Å². The molecule has 0 unspecified atom stereocenters. The van der Waals surface area contributed by atoms with E-state index in [0.717, 1.165) is 52.9 Å². The first kappa shape index (κ1) is 26.3. The highest BCUT2D eigenvalue weighted by Crippen LogP contribution is 2.46. The molecule has 0 saturated heterocycles. The number of carbonyl (C=O) groups excluding carboxylic acids is 3. The lowest BCUT2D eigenvalue weighted by atomic mass is 9.71. The Labute approximate surface area is 238 Å². The molecule has 204 valence electrons. The average molecular weight is 553 g/mol. The van der Waals surface area contributed by atoms with E-state index in [2.05, 4.69) is 22.8 Å². The van der Waals surface area contributed by atoms with Gasteiger partial charge in [0.1, 0.15) is 5.00 Å². The van der Waals surface area contributed by atoms with E-state index in [9.17, 15) is 14.4 Å². The monoisotopic (exact) mass is 552 g/mol. The summed E-state index contributed by atoms with van der Waals surface area (Å²) in [5, 5.41) is 7.05. The van der Waals surface area contributed by atoms with Gasteiger partial charge in [0.05, 0.1) is 12.7 Å². The molecule has 1 amide bonds. The van der Waals surface area contributed by atoms with Crippen LogP contribution in [0.4, 0.5) is 5.00 Å². The Balaban J connectivity index is 1.39. The van der Waals surface area contributed by atoms with Gasteiger partial charge in [0.25, 0.3) is 5.91 Å². The molecule has 2 atom stereocenters. The Bertz CT molecular complexity index is 1550. The number of rotatable bonds is 5. The normalized spacial score (nSPS) is 20.4. The molecule has 0 saturated carbocycles. The van der Waals surface area contributed by atoms with Crippen molar-refractivity contribution in [2.75, 3.05) is 12.4 Å². The average Bonchev–Trinajstić information content (AvgIpc) is 3.34. The van der Waals surface area contributed by atoms with Gasteiger partial charge in [-0.05, 0) is 61.6 Å². The summed E-state index contributed by atoms with van der Waals surface area (Å²) in [7, 11) is 1.37. The predicted molar refractivity (Wildman–Crippen MR) is 156 cm³/mol. The first-order valence-corrected chi connectivity index (χ1v) is 14.7. The molecule has 3 aliphatic rings. The van der Waals surface area contributed by atoms with Gasteiger partial charge in [0.2, 0.25) is 0 Å². The number of ketones is 1. The number of ether oxygens (including phenoxy) is 1. The summed E-state index contributed by atoms with van der Waals surface area (Å²) in [5.74, 6) is -1.11. The third-order valence-electron chi connectivity index (χ3n) is 8.26. The lowest BCUT2D eigenvalue weighted by molar-refractivity contribution is -0.116. The fraction of sp³-hybridized carbons (Fsp3) is 0.303. The van der Waals surface area contributed by atoms with Gasteiger partial charge in [-0.15, -0.1) is 11.3 Å². The van der Waals surface area contributed by atoms with Crippen molar-refractivity contribution in [1.82, 2.24) is 5.32 Å². The lowest BCUT2D eigenvalue weighted by Gasteiger charge is -2.37. The van der Waals surface area contributed by atoms with E-state index in [4.69, 9.17) is 4.74 Å². The minimum atomic E-state index is -0.502. The molecule has 0 spiro atoms. The Hall–Kier alpha value is -3.97. The second kappa shape index (κ2) is 10.9. The van der Waals surface area contributed by atoms with Crippen LogP contribution < -0.4 is 10.6 Å². The zero-order valence-electron chi connectivity index (χ0n) is 22.7. The summed E-state index contributed by atoms with van der Waals surface area (Å²) < 4.78 is 5.11. The zero-order chi connectivity index (χ0) is 27.8. The Kier molecular flexibility index (Phi) is 7.15. The van der Waals surface area contributed by atoms with Crippen molar-refractivity contribution >= 4 is 34.0 Å². The number of methoxy groups -OCH3 is 1. The molecule has 2 aromatic carbocycles. The highest BCUT2D eigenvalue weighted by Gasteiger charge is 2.41. The van der Waals surface area contributed by atoms with Crippen LogP contribution in [0, 0.1) is 0 Å². The molecular weight excluding hydrogens is 520 g/mol. The quantitative estimate of drug-likeness (QED) is 0.357. The van der Waals surface area contributed by atoms with Crippen LogP contribution in [0.1, 0.15) is 76.4 Å². The second-order valence-corrected chi connectivity index (χ2v) is 11.8. The third kappa shape index (κ3) is 4.68. The van der Waals surface area contributed by atoms with Gasteiger partial charge in [-0.1, -0.05) is 60.7 Å². The van der Waals surface area contributed by atoms with Gasteiger partial charge in [-0.3, -0.25) is 9.59 Å². The summed E-state index contributed by atoms with van der Waals surface area (Å²) in [6.07, 6.45) is 4.86. The molecule has 2 aliphatic carbocycles. The summed E-state index contributed by atoms with van der Waals surface area (Å²) in [4.78, 5) is 41.9. The van der Waals surface area contributed by atoms with Gasteiger partial charge in [0, 0.05) is 39.8 Å². The first-order valence-electron chi connectivity index (χ1n) is 13.8. The van der Waals surface area contributed by atoms with Crippen molar-refractivity contribution in [2.24, 2.45) is 0 Å². The number of fused-ring (bicyclic) bond motifs is 1. The molecule has 7 heteroatoms. The van der Waals surface area contributed by atoms with Crippen LogP contribution in [-0.4, -0.2) is 24.8 Å². The smallest absolute Gasteiger partial charge is 0.341 e. The molecule has 0 radical (unpaired) electrons. The van der Waals surface area contributed by atoms with Crippen molar-refractivity contribution in [1.29, 1.82) is 0 Å². The van der Waals surface area contributed by atoms with Crippen molar-refractivity contribution in [3.05, 3.63) is 110 Å². The van der Waals surface area contributed by atoms with Gasteiger partial charge in [-0.2, -0.15) is 0 Å². The summed E-state index contributed by atoms with van der Waals surface area (Å²) in [5.41, 5.74) is 6.25. The molecule has 0 fully saturated rings. The van der Waals surface area contributed by atoms with Crippen LogP contribution in [0.5, 0.6) is 0 Å². The molecule has 1 aromatic heterocycles. The first-order chi connectivity index (χ1) is 19.5. The highest BCUT2D eigenvalue weighted by molar-refractivity contribution is 7.17. The summed E-state index contributed by atoms with van der Waals surface area (Å²) in [6.45, 7) is 1.89. The van der Waals surface area contributed by atoms with E-state index >= 15 is 0 Å². The number of esters is 1. The number of anilines is 1. The molecule has 6 rings (SSSR count). The Morgan fingerprint density at radius 3 is 2.33 bits per heavy atom. The van der Waals surface area contributed by atoms with Crippen LogP contribution in [0.15, 0.2) is 83.2 Å². The number of hydrogen-bond acceptors (Lipinski definition) is 6. The number of Topliss-reactive ketones (excluding diaryl/α,β-unsaturated/α-hetero) is 1. The minimum Gasteiger partial charge on any atom is -0.465 e. The number of allylic oxidation sites excluding steroid dienone is 3. The highest BCUT2D eigenvalue weighted by atomic mass is 32.1. The van der Waals surface area contributed by atoms with Crippen LogP contribution >= 0.6 is 11.3 Å². The van der Waals surface area contributed by atoms with Crippen molar-refractivity contribution < 1.29 is 19.1 Å². The van der Waals surface area contributed by atoms with Crippen molar-refractivity contribution in [3.63, 3.8) is 0 Å². The standard InChI is InChI=1S/C33H32N2O4S/c1-19-27(31(37)35-32-29(33(38)39-2)23-15-9-10-16-26(23)40-32)28(21-13-7-4-8-14-21)30-24(34-19)17-22(18-25(30)36)20-11-5-3-6-12-20/h3-8,11-14,22,28,34H,9-10,15-18H2,1-2H3,(H,35,37)/t22-,28+/m1/s1. The maximum absolute atomic E-state index is 14.1. The molecule has 2 heterocycles. The fourth-order valence-electron chi connectivity index (χ4n) is 6.42. The van der Waals surface area contributed by atoms with Crippen LogP contribution in [-0.2, 0) is 27.2 Å². The van der Waals surface area contributed by atoms with E-state index in [1.807, 2.05) is 55.5 Å². The van der Waals surface area contributed by atoms with E-state index in [1.165, 1.54) is 18.4 Å². The number of thiophene rings is 1. The number of amides is 1. The van der Waals surface area contributed by atoms with Gasteiger partial charge in [0.15, 0.2) is 5.78 Å². The van der Waals surface area contributed by atoms with Gasteiger partial charge in [-0.25, -0.2) is 4.79 Å². The maximum Gasteiger partial charge on any atom is 0.341 e. The number of dihydropyridines is 1. The van der Waals surface area contributed by atoms with Crippen LogP contribution in [0.2, 0.25) is 0 Å². The van der Waals surface area contributed by atoms with E-state index < -0.39 is 11.9 Å². The third-order valence-corrected chi connectivity index (χ3v) is 9.47. The largest absolute Gasteiger partial charge is 0.465 e. The van der Waals surface area contributed by atoms with Crippen molar-refractivity contribution in [2.45, 2.75) is 57.3 Å². The summed E-state index contributed by atoms with van der Waals surface area (Å²) in [6, 6.07) is 19.9. The van der Waals surface area contributed by atoms with Gasteiger partial charge < -0.3 is 15.4 Å². The van der Waals surface area contributed by atoms with Gasteiger partial charge >= 0.3 is 5.97 Å². The SMILES string of the molecule is COC(=O)c1c(NC(=O)C2=C(C)NC3=C(C(=O)C[C@H](c4ccccc4)C3)[C@H]2c2ccccc2)sc2c1CCCC2. The molecule has 6 nitrogen and oxygen atoms in total. The number of hydrogen-bond donors (Lipinski definition) is 2. The summed E-state index contributed by atoms with van der Waals surface area (Å²) >= 11 is 1.46. The number of nitrogens with one attached hydrogen (secondary N) is 2. The molecular formula is C33H32N2O4S. The zero-order valence-corrected chi connectivity index (χ0v) is 23.5. The Morgan fingerprint density at radius 1 is 0.950 bits per heavy atom. The van der Waals surface area contributed by atoms with Crippen LogP contribution in [0.25, 0.3) is 0 Å². The Morgan fingerprint density at radius 2 is 1.62 bits per heavy atom. The lowest BCUT2D eigenvalue weighted by Crippen LogP contribution is -2.37. The van der Waals surface area contributed by atoms with E-state index in [0.29, 0.717) is 40.2 Å². The number of carbonyl (C=O) groups is 3.